The molecule has 0 heterocycles. The van der Waals surface area contributed by atoms with E-state index in [2.05, 4.69) is 79.1 Å². The standard InChI is InChI=1S/C44H77O8P/c1-3-5-7-9-11-13-15-17-19-21-22-23-25-27-29-31-33-35-37-39-44(46)52-42(41-51-53(47,48)49)40-50-43(45)38-36-34-32-30-28-26-24-20-18-16-14-12-10-8-6-4-2/h11,13-14,16-17,19-20,22-24,42H,3-10,12,15,18,21,25-41H2,1-2H3,(H2,47,48,49)/b13-11-,16-14-,19-17-,23-22-,24-20-. The van der Waals surface area contributed by atoms with Crippen LogP contribution in [0.1, 0.15) is 187 Å². The summed E-state index contributed by atoms with van der Waals surface area (Å²) in [5.41, 5.74) is 0. The number of allylic oxidation sites excluding steroid dienone is 10. The summed E-state index contributed by atoms with van der Waals surface area (Å²) in [7, 11) is -4.76. The first-order valence-corrected chi connectivity index (χ1v) is 22.6. The van der Waals surface area contributed by atoms with Crippen molar-refractivity contribution in [3.8, 4) is 0 Å². The predicted octanol–water partition coefficient (Wildman–Crippen LogP) is 12.9. The summed E-state index contributed by atoms with van der Waals surface area (Å²) in [6.45, 7) is 3.62. The highest BCUT2D eigenvalue weighted by Gasteiger charge is 2.22. The van der Waals surface area contributed by atoms with Gasteiger partial charge < -0.3 is 19.3 Å². The highest BCUT2D eigenvalue weighted by atomic mass is 31.2. The van der Waals surface area contributed by atoms with Crippen LogP contribution in [0.15, 0.2) is 60.8 Å². The molecule has 0 bridgehead atoms. The van der Waals surface area contributed by atoms with Gasteiger partial charge in [-0.25, -0.2) is 4.57 Å². The summed E-state index contributed by atoms with van der Waals surface area (Å²) in [5, 5.41) is 0. The molecule has 0 radical (unpaired) electrons. The number of hydrogen-bond donors (Lipinski definition) is 2. The second-order valence-corrected chi connectivity index (χ2v) is 15.2. The molecule has 9 heteroatoms. The Labute approximate surface area is 324 Å². The van der Waals surface area contributed by atoms with Crippen molar-refractivity contribution in [1.82, 2.24) is 0 Å². The van der Waals surface area contributed by atoms with E-state index >= 15 is 0 Å². The Morgan fingerprint density at radius 3 is 1.30 bits per heavy atom. The molecule has 53 heavy (non-hydrogen) atoms. The zero-order chi connectivity index (χ0) is 38.9. The molecular weight excluding hydrogens is 687 g/mol. The van der Waals surface area contributed by atoms with E-state index in [1.807, 2.05) is 0 Å². The molecule has 306 valence electrons. The van der Waals surface area contributed by atoms with E-state index in [0.29, 0.717) is 12.8 Å². The van der Waals surface area contributed by atoms with E-state index in [9.17, 15) is 14.2 Å². The Kier molecular flexibility index (Phi) is 37.8. The normalized spacial score (nSPS) is 13.1. The molecular formula is C44H77O8P. The van der Waals surface area contributed by atoms with Gasteiger partial charge in [0.25, 0.3) is 0 Å². The van der Waals surface area contributed by atoms with Crippen molar-refractivity contribution in [2.24, 2.45) is 0 Å². The van der Waals surface area contributed by atoms with E-state index < -0.39 is 32.5 Å². The van der Waals surface area contributed by atoms with Gasteiger partial charge in [0.05, 0.1) is 6.61 Å². The fourth-order valence-electron chi connectivity index (χ4n) is 5.59. The van der Waals surface area contributed by atoms with Gasteiger partial charge in [0, 0.05) is 12.8 Å². The van der Waals surface area contributed by atoms with E-state index in [-0.39, 0.29) is 19.4 Å². The first-order chi connectivity index (χ1) is 25.8. The Morgan fingerprint density at radius 1 is 0.491 bits per heavy atom. The second-order valence-electron chi connectivity index (χ2n) is 14.0. The van der Waals surface area contributed by atoms with Gasteiger partial charge in [-0.15, -0.1) is 0 Å². The molecule has 0 aliphatic rings. The monoisotopic (exact) mass is 765 g/mol. The largest absolute Gasteiger partial charge is 0.469 e. The smallest absolute Gasteiger partial charge is 0.462 e. The van der Waals surface area contributed by atoms with Crippen molar-refractivity contribution in [2.75, 3.05) is 13.2 Å². The minimum absolute atomic E-state index is 0.192. The average Bonchev–Trinajstić information content (AvgIpc) is 3.13. The topological polar surface area (TPSA) is 119 Å². The molecule has 0 fully saturated rings. The van der Waals surface area contributed by atoms with Crippen LogP contribution < -0.4 is 0 Å². The van der Waals surface area contributed by atoms with Crippen LogP contribution in [0.5, 0.6) is 0 Å². The van der Waals surface area contributed by atoms with Crippen LogP contribution in [-0.2, 0) is 28.2 Å². The van der Waals surface area contributed by atoms with Crippen molar-refractivity contribution in [3.05, 3.63) is 60.8 Å². The predicted molar refractivity (Wildman–Crippen MR) is 221 cm³/mol. The molecule has 8 nitrogen and oxygen atoms in total. The van der Waals surface area contributed by atoms with Gasteiger partial charge in [-0.05, 0) is 83.5 Å². The third-order valence-electron chi connectivity index (χ3n) is 8.76. The van der Waals surface area contributed by atoms with Gasteiger partial charge in [0.1, 0.15) is 6.61 Å². The van der Waals surface area contributed by atoms with Gasteiger partial charge in [-0.1, -0.05) is 152 Å². The molecule has 0 aromatic rings. The van der Waals surface area contributed by atoms with Gasteiger partial charge >= 0.3 is 19.8 Å². The molecule has 0 rings (SSSR count). The summed E-state index contributed by atoms with van der Waals surface area (Å²) >= 11 is 0. The van der Waals surface area contributed by atoms with E-state index in [4.69, 9.17) is 19.3 Å². The SMILES string of the molecule is CCCCC/C=C\C/C=C\C/C=C\CCCCCCCCC(=O)OC(COC(=O)CCCCCCC/C=C\C/C=C\CCCCCC)COP(=O)(O)O. The zero-order valence-electron chi connectivity index (χ0n) is 33.6. The molecule has 1 unspecified atom stereocenters. The first kappa shape index (κ1) is 50.8. The number of ether oxygens (including phenoxy) is 2. The van der Waals surface area contributed by atoms with Gasteiger partial charge in [0.2, 0.25) is 0 Å². The lowest BCUT2D eigenvalue weighted by atomic mass is 10.1. The van der Waals surface area contributed by atoms with Crippen molar-refractivity contribution in [3.63, 3.8) is 0 Å². The van der Waals surface area contributed by atoms with Crippen LogP contribution in [0, 0.1) is 0 Å². The van der Waals surface area contributed by atoms with Crippen molar-refractivity contribution < 1.29 is 37.9 Å². The second kappa shape index (κ2) is 39.4. The number of unbranched alkanes of at least 4 members (excludes halogenated alkanes) is 18. The Hall–Kier alpha value is -2.25. The molecule has 0 amide bonds. The Bertz CT molecular complexity index is 1040. The number of phosphoric acid groups is 1. The Morgan fingerprint density at radius 2 is 0.849 bits per heavy atom. The van der Waals surface area contributed by atoms with Crippen LogP contribution >= 0.6 is 7.82 Å². The van der Waals surface area contributed by atoms with E-state index in [1.165, 1.54) is 57.8 Å². The summed E-state index contributed by atoms with van der Waals surface area (Å²) < 4.78 is 26.4. The fourth-order valence-corrected chi connectivity index (χ4v) is 5.95. The van der Waals surface area contributed by atoms with Gasteiger partial charge in [-0.3, -0.25) is 14.1 Å². The van der Waals surface area contributed by atoms with Crippen LogP contribution in [0.4, 0.5) is 0 Å². The summed E-state index contributed by atoms with van der Waals surface area (Å²) in [4.78, 5) is 42.9. The van der Waals surface area contributed by atoms with Crippen LogP contribution in [0.2, 0.25) is 0 Å². The van der Waals surface area contributed by atoms with Crippen LogP contribution in [0.25, 0.3) is 0 Å². The maximum atomic E-state index is 12.4. The fraction of sp³-hybridized carbons (Fsp3) is 0.727. The lowest BCUT2D eigenvalue weighted by Gasteiger charge is -2.18. The number of rotatable bonds is 38. The zero-order valence-corrected chi connectivity index (χ0v) is 34.5. The van der Waals surface area contributed by atoms with Crippen molar-refractivity contribution in [1.29, 1.82) is 0 Å². The summed E-state index contributed by atoms with van der Waals surface area (Å²) in [6.07, 6.45) is 49.3. The molecule has 1 atom stereocenters. The number of carbonyl (C=O) groups excluding carboxylic acids is 2. The first-order valence-electron chi connectivity index (χ1n) is 21.1. The van der Waals surface area contributed by atoms with Crippen molar-refractivity contribution >= 4 is 19.8 Å². The lowest BCUT2D eigenvalue weighted by Crippen LogP contribution is -2.29. The van der Waals surface area contributed by atoms with Crippen LogP contribution in [0.3, 0.4) is 0 Å². The molecule has 2 N–H and O–H groups in total. The highest BCUT2D eigenvalue weighted by molar-refractivity contribution is 7.46. The molecule has 0 saturated heterocycles. The quantitative estimate of drug-likeness (QED) is 0.0276. The maximum absolute atomic E-state index is 12.4. The Balaban J connectivity index is 3.98. The minimum Gasteiger partial charge on any atom is -0.462 e. The third kappa shape index (κ3) is 42.4. The molecule has 0 aromatic carbocycles. The molecule has 0 saturated carbocycles. The highest BCUT2D eigenvalue weighted by Crippen LogP contribution is 2.36. The lowest BCUT2D eigenvalue weighted by molar-refractivity contribution is -0.161. The number of carbonyl (C=O) groups is 2. The average molecular weight is 765 g/mol. The van der Waals surface area contributed by atoms with Crippen LogP contribution in [-0.4, -0.2) is 41.0 Å². The molecule has 0 aliphatic heterocycles. The van der Waals surface area contributed by atoms with Gasteiger partial charge in [0.15, 0.2) is 6.10 Å². The number of esters is 2. The maximum Gasteiger partial charge on any atom is 0.469 e. The van der Waals surface area contributed by atoms with E-state index in [0.717, 1.165) is 89.9 Å². The summed E-state index contributed by atoms with van der Waals surface area (Å²) in [6, 6.07) is 0. The number of phosphoric ester groups is 1. The van der Waals surface area contributed by atoms with E-state index in [1.54, 1.807) is 0 Å². The molecule has 0 spiro atoms. The third-order valence-corrected chi connectivity index (χ3v) is 9.24. The summed E-state index contributed by atoms with van der Waals surface area (Å²) in [5.74, 6) is -0.918. The molecule has 0 aliphatic carbocycles. The molecule has 0 aromatic heterocycles. The minimum atomic E-state index is -4.76. The van der Waals surface area contributed by atoms with Gasteiger partial charge in [-0.2, -0.15) is 0 Å². The van der Waals surface area contributed by atoms with Crippen molar-refractivity contribution in [2.45, 2.75) is 193 Å². The number of hydrogen-bond acceptors (Lipinski definition) is 6.